The molecule has 2 rings (SSSR count). The lowest BCUT2D eigenvalue weighted by atomic mass is 10.00. The summed E-state index contributed by atoms with van der Waals surface area (Å²) in [7, 11) is 0. The van der Waals surface area contributed by atoms with E-state index in [2.05, 4.69) is 5.32 Å². The molecule has 2 aliphatic rings. The van der Waals surface area contributed by atoms with Crippen LogP contribution in [0.5, 0.6) is 0 Å². The Kier molecular flexibility index (Phi) is 2.28. The van der Waals surface area contributed by atoms with E-state index in [0.29, 0.717) is 13.1 Å². The maximum absolute atomic E-state index is 11.8. The molecule has 0 aromatic heterocycles. The number of nitrogens with zero attached hydrogens (tertiary/aromatic N) is 1. The van der Waals surface area contributed by atoms with Crippen LogP contribution in [-0.2, 0) is 9.59 Å². The SMILES string of the molecule is CC(CO)N1C(=O)[C@H]2CNC[C@H]2C1=O. The predicted octanol–water partition coefficient (Wildman–Crippen LogP) is -1.43. The first-order valence-electron chi connectivity index (χ1n) is 4.85. The minimum absolute atomic E-state index is 0.133. The Labute approximate surface area is 82.1 Å². The fraction of sp³-hybridized carbons (Fsp3) is 0.778. The van der Waals surface area contributed by atoms with Gasteiger partial charge < -0.3 is 10.4 Å². The summed E-state index contributed by atoms with van der Waals surface area (Å²) >= 11 is 0. The molecule has 2 amide bonds. The van der Waals surface area contributed by atoms with Crippen LogP contribution in [0.1, 0.15) is 6.92 Å². The van der Waals surface area contributed by atoms with Gasteiger partial charge in [-0.05, 0) is 6.92 Å². The van der Waals surface area contributed by atoms with Crippen molar-refractivity contribution in [1.29, 1.82) is 0 Å². The van der Waals surface area contributed by atoms with E-state index in [-0.39, 0.29) is 36.3 Å². The zero-order valence-electron chi connectivity index (χ0n) is 8.06. The zero-order chi connectivity index (χ0) is 10.3. The van der Waals surface area contributed by atoms with Gasteiger partial charge in [-0.25, -0.2) is 0 Å². The summed E-state index contributed by atoms with van der Waals surface area (Å²) in [5.74, 6) is -0.661. The molecule has 2 heterocycles. The third-order valence-corrected chi connectivity index (χ3v) is 3.03. The Morgan fingerprint density at radius 3 is 2.36 bits per heavy atom. The van der Waals surface area contributed by atoms with Crippen molar-refractivity contribution in [1.82, 2.24) is 10.2 Å². The van der Waals surface area contributed by atoms with Gasteiger partial charge in [-0.15, -0.1) is 0 Å². The number of carbonyl (C=O) groups is 2. The molecule has 0 aromatic carbocycles. The minimum atomic E-state index is -0.388. The number of imide groups is 1. The molecule has 0 bridgehead atoms. The number of hydrogen-bond donors (Lipinski definition) is 2. The highest BCUT2D eigenvalue weighted by Gasteiger charge is 2.50. The molecule has 5 nitrogen and oxygen atoms in total. The van der Waals surface area contributed by atoms with Crippen LogP contribution in [0.4, 0.5) is 0 Å². The second kappa shape index (κ2) is 3.33. The lowest BCUT2D eigenvalue weighted by molar-refractivity contribution is -0.143. The quantitative estimate of drug-likeness (QED) is 0.534. The number of fused-ring (bicyclic) bond motifs is 1. The monoisotopic (exact) mass is 198 g/mol. The summed E-state index contributed by atoms with van der Waals surface area (Å²) in [5.41, 5.74) is 0. The molecule has 0 spiro atoms. The average molecular weight is 198 g/mol. The number of hydrogen-bond acceptors (Lipinski definition) is 4. The molecule has 14 heavy (non-hydrogen) atoms. The van der Waals surface area contributed by atoms with Crippen LogP contribution in [0.25, 0.3) is 0 Å². The lowest BCUT2D eigenvalue weighted by Crippen LogP contribution is -2.42. The topological polar surface area (TPSA) is 69.6 Å². The summed E-state index contributed by atoms with van der Waals surface area (Å²) in [6.45, 7) is 2.70. The second-order valence-corrected chi connectivity index (χ2v) is 3.95. The van der Waals surface area contributed by atoms with Crippen molar-refractivity contribution in [2.24, 2.45) is 11.8 Å². The molecule has 2 saturated heterocycles. The van der Waals surface area contributed by atoms with E-state index in [4.69, 9.17) is 5.11 Å². The van der Waals surface area contributed by atoms with Gasteiger partial charge in [-0.1, -0.05) is 0 Å². The Morgan fingerprint density at radius 1 is 1.43 bits per heavy atom. The number of amides is 2. The Bertz CT molecular complexity index is 257. The predicted molar refractivity (Wildman–Crippen MR) is 48.3 cm³/mol. The van der Waals surface area contributed by atoms with Gasteiger partial charge >= 0.3 is 0 Å². The van der Waals surface area contributed by atoms with Crippen molar-refractivity contribution in [3.8, 4) is 0 Å². The van der Waals surface area contributed by atoms with Crippen LogP contribution >= 0.6 is 0 Å². The average Bonchev–Trinajstić information content (AvgIpc) is 2.72. The molecule has 2 N–H and O–H groups in total. The van der Waals surface area contributed by atoms with Crippen LogP contribution in [0.2, 0.25) is 0 Å². The molecule has 0 aromatic rings. The number of aliphatic hydroxyl groups excluding tert-OH is 1. The summed E-state index contributed by atoms with van der Waals surface area (Å²) < 4.78 is 0. The lowest BCUT2D eigenvalue weighted by Gasteiger charge is -2.21. The van der Waals surface area contributed by atoms with Crippen LogP contribution < -0.4 is 5.32 Å². The van der Waals surface area contributed by atoms with Gasteiger partial charge in [0.25, 0.3) is 0 Å². The van der Waals surface area contributed by atoms with E-state index in [1.165, 1.54) is 4.90 Å². The van der Waals surface area contributed by atoms with E-state index in [9.17, 15) is 9.59 Å². The van der Waals surface area contributed by atoms with Crippen molar-refractivity contribution in [2.45, 2.75) is 13.0 Å². The van der Waals surface area contributed by atoms with E-state index in [1.54, 1.807) is 6.92 Å². The van der Waals surface area contributed by atoms with Crippen molar-refractivity contribution in [3.05, 3.63) is 0 Å². The summed E-state index contributed by atoms with van der Waals surface area (Å²) in [5, 5.41) is 12.0. The van der Waals surface area contributed by atoms with Crippen LogP contribution in [0.15, 0.2) is 0 Å². The normalized spacial score (nSPS) is 33.7. The summed E-state index contributed by atoms with van der Waals surface area (Å²) in [6.07, 6.45) is 0. The summed E-state index contributed by atoms with van der Waals surface area (Å²) in [4.78, 5) is 24.7. The van der Waals surface area contributed by atoms with E-state index >= 15 is 0 Å². The largest absolute Gasteiger partial charge is 0.394 e. The second-order valence-electron chi connectivity index (χ2n) is 3.95. The number of likely N-dealkylation sites (tertiary alicyclic amines) is 1. The molecule has 0 aliphatic carbocycles. The number of rotatable bonds is 2. The maximum Gasteiger partial charge on any atom is 0.234 e. The zero-order valence-corrected chi connectivity index (χ0v) is 8.06. The van der Waals surface area contributed by atoms with Crippen molar-refractivity contribution in [2.75, 3.05) is 19.7 Å². The first kappa shape index (κ1) is 9.61. The van der Waals surface area contributed by atoms with Gasteiger partial charge in [0, 0.05) is 13.1 Å². The van der Waals surface area contributed by atoms with Crippen molar-refractivity contribution < 1.29 is 14.7 Å². The third-order valence-electron chi connectivity index (χ3n) is 3.03. The molecule has 2 fully saturated rings. The van der Waals surface area contributed by atoms with Gasteiger partial charge in [-0.3, -0.25) is 14.5 Å². The molecule has 2 aliphatic heterocycles. The molecular formula is C9H14N2O3. The molecule has 78 valence electrons. The number of nitrogens with one attached hydrogen (secondary N) is 1. The third kappa shape index (κ3) is 1.16. The van der Waals surface area contributed by atoms with Gasteiger partial charge in [-0.2, -0.15) is 0 Å². The summed E-state index contributed by atoms with van der Waals surface area (Å²) in [6, 6.07) is -0.388. The Balaban J connectivity index is 2.21. The van der Waals surface area contributed by atoms with Crippen LogP contribution in [-0.4, -0.2) is 47.6 Å². The highest BCUT2D eigenvalue weighted by Crippen LogP contribution is 2.30. The fourth-order valence-corrected chi connectivity index (χ4v) is 2.18. The molecule has 3 atom stereocenters. The standard InChI is InChI=1S/C9H14N2O3/c1-5(4-12)11-8(13)6-2-10-3-7(6)9(11)14/h5-7,10,12H,2-4H2,1H3/t5?,6-,7+. The first-order valence-corrected chi connectivity index (χ1v) is 4.85. The number of aliphatic hydroxyl groups is 1. The Morgan fingerprint density at radius 2 is 1.93 bits per heavy atom. The van der Waals surface area contributed by atoms with Crippen LogP contribution in [0, 0.1) is 11.8 Å². The van der Waals surface area contributed by atoms with E-state index in [1.807, 2.05) is 0 Å². The van der Waals surface area contributed by atoms with Crippen molar-refractivity contribution >= 4 is 11.8 Å². The Hall–Kier alpha value is -0.940. The molecule has 5 heteroatoms. The molecule has 1 unspecified atom stereocenters. The minimum Gasteiger partial charge on any atom is -0.394 e. The van der Waals surface area contributed by atoms with Crippen LogP contribution in [0.3, 0.4) is 0 Å². The smallest absolute Gasteiger partial charge is 0.234 e. The molecular weight excluding hydrogens is 184 g/mol. The van der Waals surface area contributed by atoms with E-state index < -0.39 is 0 Å². The van der Waals surface area contributed by atoms with Gasteiger partial charge in [0.15, 0.2) is 0 Å². The first-order chi connectivity index (χ1) is 6.66. The highest BCUT2D eigenvalue weighted by molar-refractivity contribution is 6.06. The molecule has 0 saturated carbocycles. The number of carbonyl (C=O) groups excluding carboxylic acids is 2. The molecule has 0 radical (unpaired) electrons. The maximum atomic E-state index is 11.8. The van der Waals surface area contributed by atoms with E-state index in [0.717, 1.165) is 0 Å². The van der Waals surface area contributed by atoms with Gasteiger partial charge in [0.05, 0.1) is 24.5 Å². The van der Waals surface area contributed by atoms with Gasteiger partial charge in [0.2, 0.25) is 11.8 Å². The fourth-order valence-electron chi connectivity index (χ4n) is 2.18. The van der Waals surface area contributed by atoms with Gasteiger partial charge in [0.1, 0.15) is 0 Å². The van der Waals surface area contributed by atoms with Crippen molar-refractivity contribution in [3.63, 3.8) is 0 Å². The highest BCUT2D eigenvalue weighted by atomic mass is 16.3.